The Morgan fingerprint density at radius 1 is 1.44 bits per heavy atom. The maximum absolute atomic E-state index is 12.0. The number of amides is 1. The summed E-state index contributed by atoms with van der Waals surface area (Å²) in [5.74, 6) is -0.579. The Kier molecular flexibility index (Phi) is 4.78. The zero-order valence-corrected chi connectivity index (χ0v) is 12.3. The average Bonchev–Trinajstić information content (AvgIpc) is 2.21. The number of hydrogen-bond donors (Lipinski definition) is 1. The van der Waals surface area contributed by atoms with Crippen molar-refractivity contribution in [3.05, 3.63) is 0 Å². The van der Waals surface area contributed by atoms with Crippen LogP contribution in [0.4, 0.5) is 0 Å². The summed E-state index contributed by atoms with van der Waals surface area (Å²) in [5.41, 5.74) is 5.84. The number of nitrogens with two attached hydrogens (primary N) is 1. The Hall–Kier alpha value is -0.620. The largest absolute Gasteiger partial charge is 0.341 e. The molecule has 0 bridgehead atoms. The van der Waals surface area contributed by atoms with Crippen molar-refractivity contribution < 1.29 is 13.2 Å². The van der Waals surface area contributed by atoms with Crippen molar-refractivity contribution in [1.82, 2.24) is 4.90 Å². The molecule has 1 fully saturated rings. The monoisotopic (exact) mass is 276 g/mol. The molecule has 5 nitrogen and oxygen atoms in total. The van der Waals surface area contributed by atoms with Crippen molar-refractivity contribution in [3.8, 4) is 0 Å². The molecule has 1 unspecified atom stereocenters. The highest BCUT2D eigenvalue weighted by atomic mass is 32.2. The lowest BCUT2D eigenvalue weighted by Gasteiger charge is -2.42. The molecule has 106 valence electrons. The molecule has 2 N–H and O–H groups in total. The first-order chi connectivity index (χ1) is 8.18. The van der Waals surface area contributed by atoms with Crippen molar-refractivity contribution in [3.63, 3.8) is 0 Å². The van der Waals surface area contributed by atoms with Gasteiger partial charge in [0.2, 0.25) is 5.91 Å². The minimum absolute atomic E-state index is 0.0637. The molecule has 0 aromatic heterocycles. The highest BCUT2D eigenvalue weighted by Gasteiger charge is 2.36. The third kappa shape index (κ3) is 3.95. The van der Waals surface area contributed by atoms with E-state index in [-0.39, 0.29) is 28.9 Å². The van der Waals surface area contributed by atoms with E-state index >= 15 is 0 Å². The summed E-state index contributed by atoms with van der Waals surface area (Å²) in [5, 5.41) is 0. The number of carbonyl (C=O) groups is 1. The summed E-state index contributed by atoms with van der Waals surface area (Å²) in [4.78, 5) is 13.6. The van der Waals surface area contributed by atoms with Gasteiger partial charge in [-0.05, 0) is 18.3 Å². The smallest absolute Gasteiger partial charge is 0.237 e. The van der Waals surface area contributed by atoms with Gasteiger partial charge < -0.3 is 10.6 Å². The van der Waals surface area contributed by atoms with Gasteiger partial charge in [-0.15, -0.1) is 0 Å². The summed E-state index contributed by atoms with van der Waals surface area (Å²) in [6.45, 7) is 6.92. The van der Waals surface area contributed by atoms with Crippen LogP contribution in [0.25, 0.3) is 0 Å². The van der Waals surface area contributed by atoms with Gasteiger partial charge in [0.25, 0.3) is 0 Å². The van der Waals surface area contributed by atoms with E-state index < -0.39 is 9.84 Å². The van der Waals surface area contributed by atoms with Gasteiger partial charge in [-0.25, -0.2) is 8.42 Å². The molecule has 1 aliphatic heterocycles. The normalized spacial score (nSPS) is 24.0. The van der Waals surface area contributed by atoms with Crippen molar-refractivity contribution >= 4 is 15.7 Å². The minimum Gasteiger partial charge on any atom is -0.341 e. The summed E-state index contributed by atoms with van der Waals surface area (Å²) >= 11 is 0. The minimum atomic E-state index is -3.25. The molecule has 1 rings (SSSR count). The predicted molar refractivity (Wildman–Crippen MR) is 71.9 cm³/mol. The van der Waals surface area contributed by atoms with E-state index in [4.69, 9.17) is 5.73 Å². The number of nitrogens with zero attached hydrogens (tertiary/aromatic N) is 1. The molecule has 0 aromatic rings. The fourth-order valence-electron chi connectivity index (χ4n) is 2.25. The molecule has 18 heavy (non-hydrogen) atoms. The van der Waals surface area contributed by atoms with E-state index in [0.717, 1.165) is 6.42 Å². The highest BCUT2D eigenvalue weighted by molar-refractivity contribution is 7.92. The van der Waals surface area contributed by atoms with E-state index in [2.05, 4.69) is 0 Å². The number of sulfone groups is 1. The Balaban J connectivity index is 2.64. The maximum atomic E-state index is 12.0. The molecule has 1 atom stereocenters. The topological polar surface area (TPSA) is 80.5 Å². The quantitative estimate of drug-likeness (QED) is 0.806. The van der Waals surface area contributed by atoms with Crippen molar-refractivity contribution in [2.75, 3.05) is 24.6 Å². The lowest BCUT2D eigenvalue weighted by atomic mass is 9.80. The molecule has 1 heterocycles. The van der Waals surface area contributed by atoms with Crippen LogP contribution >= 0.6 is 0 Å². The summed E-state index contributed by atoms with van der Waals surface area (Å²) in [6, 6.07) is 0.0637. The first-order valence-corrected chi connectivity index (χ1v) is 8.24. The Morgan fingerprint density at radius 2 is 2.06 bits per heavy atom. The summed E-state index contributed by atoms with van der Waals surface area (Å²) in [7, 11) is -3.25. The molecule has 1 aliphatic rings. The van der Waals surface area contributed by atoms with Gasteiger partial charge in [-0.1, -0.05) is 20.8 Å². The second kappa shape index (κ2) is 5.57. The first kappa shape index (κ1) is 15.4. The van der Waals surface area contributed by atoms with Crippen molar-refractivity contribution in [1.29, 1.82) is 0 Å². The van der Waals surface area contributed by atoms with Crippen molar-refractivity contribution in [2.24, 2.45) is 11.1 Å². The molecular formula is C12H24N2O3S. The lowest BCUT2D eigenvalue weighted by Crippen LogP contribution is -2.54. The predicted octanol–water partition coefficient (Wildman–Crippen LogP) is 0.397. The Labute approximate surface area is 110 Å². The number of carbonyl (C=O) groups excluding carboxylic acids is 1. The second-order valence-electron chi connectivity index (χ2n) is 5.79. The summed E-state index contributed by atoms with van der Waals surface area (Å²) < 4.78 is 23.3. The van der Waals surface area contributed by atoms with Gasteiger partial charge in [0.15, 0.2) is 9.84 Å². The highest BCUT2D eigenvalue weighted by Crippen LogP contribution is 2.27. The van der Waals surface area contributed by atoms with Crippen molar-refractivity contribution in [2.45, 2.75) is 39.7 Å². The number of hydrogen-bond acceptors (Lipinski definition) is 4. The fourth-order valence-corrected chi connectivity index (χ4v) is 3.57. The number of piperidine rings is 1. The third-order valence-electron chi connectivity index (χ3n) is 3.52. The van der Waals surface area contributed by atoms with Gasteiger partial charge in [0.05, 0.1) is 5.75 Å². The number of rotatable bonds is 4. The molecule has 0 aromatic carbocycles. The molecule has 1 amide bonds. The molecule has 1 saturated heterocycles. The van der Waals surface area contributed by atoms with Crippen LogP contribution in [0, 0.1) is 5.41 Å². The van der Waals surface area contributed by atoms with Crippen LogP contribution in [0.1, 0.15) is 33.6 Å². The van der Waals surface area contributed by atoms with Crippen LogP contribution in [0.2, 0.25) is 0 Å². The molecule has 6 heteroatoms. The lowest BCUT2D eigenvalue weighted by molar-refractivity contribution is -0.131. The van der Waals surface area contributed by atoms with Crippen LogP contribution in [0.5, 0.6) is 0 Å². The van der Waals surface area contributed by atoms with Gasteiger partial charge in [-0.3, -0.25) is 4.79 Å². The Bertz CT molecular complexity index is 404. The molecule has 0 saturated carbocycles. The van der Waals surface area contributed by atoms with Gasteiger partial charge in [0, 0.05) is 19.1 Å². The second-order valence-corrected chi connectivity index (χ2v) is 7.98. The zero-order chi connectivity index (χ0) is 14.0. The maximum Gasteiger partial charge on any atom is 0.237 e. The van der Waals surface area contributed by atoms with Crippen LogP contribution in [-0.4, -0.2) is 49.9 Å². The third-order valence-corrected chi connectivity index (χ3v) is 5.24. The molecule has 0 radical (unpaired) electrons. The average molecular weight is 276 g/mol. The fraction of sp³-hybridized carbons (Fsp3) is 0.917. The van der Waals surface area contributed by atoms with Crippen LogP contribution in [-0.2, 0) is 14.6 Å². The van der Waals surface area contributed by atoms with E-state index in [9.17, 15) is 13.2 Å². The summed E-state index contributed by atoms with van der Waals surface area (Å²) in [6.07, 6.45) is 1.28. The van der Waals surface area contributed by atoms with E-state index in [1.165, 1.54) is 0 Å². The van der Waals surface area contributed by atoms with E-state index in [1.807, 2.05) is 13.8 Å². The first-order valence-electron chi connectivity index (χ1n) is 6.42. The van der Waals surface area contributed by atoms with E-state index in [1.54, 1.807) is 11.8 Å². The number of likely N-dealkylation sites (tertiary alicyclic amines) is 1. The van der Waals surface area contributed by atoms with E-state index in [0.29, 0.717) is 19.5 Å². The molecular weight excluding hydrogens is 252 g/mol. The molecule has 0 spiro atoms. The molecule has 0 aliphatic carbocycles. The Morgan fingerprint density at radius 3 is 2.56 bits per heavy atom. The van der Waals surface area contributed by atoms with Crippen LogP contribution < -0.4 is 5.73 Å². The van der Waals surface area contributed by atoms with Crippen LogP contribution in [0.15, 0.2) is 0 Å². The van der Waals surface area contributed by atoms with Gasteiger partial charge >= 0.3 is 0 Å². The van der Waals surface area contributed by atoms with Gasteiger partial charge in [0.1, 0.15) is 5.75 Å². The van der Waals surface area contributed by atoms with Crippen LogP contribution in [0.3, 0.4) is 0 Å². The SMILES string of the molecule is CCCS(=O)(=O)CC(=O)N1CCC(N)C(C)(C)C1. The van der Waals surface area contributed by atoms with Gasteiger partial charge in [-0.2, -0.15) is 0 Å². The standard InChI is InChI=1S/C12H24N2O3S/c1-4-7-18(16,17)8-11(15)14-6-5-10(13)12(2,3)9-14/h10H,4-9,13H2,1-3H3. The zero-order valence-electron chi connectivity index (χ0n) is 11.5.